The SMILES string of the molecule is COC(=O)/C(Br)=C/OC1CCC(c2ccccc2)CC1. The highest BCUT2D eigenvalue weighted by atomic mass is 79.9. The van der Waals surface area contributed by atoms with Gasteiger partial charge in [-0.1, -0.05) is 30.3 Å². The van der Waals surface area contributed by atoms with Crippen LogP contribution in [0, 0.1) is 0 Å². The first-order chi connectivity index (χ1) is 9.70. The maximum Gasteiger partial charge on any atom is 0.348 e. The molecule has 2 rings (SSSR count). The van der Waals surface area contributed by atoms with E-state index in [4.69, 9.17) is 4.74 Å². The van der Waals surface area contributed by atoms with E-state index >= 15 is 0 Å². The van der Waals surface area contributed by atoms with Crippen LogP contribution in [0.3, 0.4) is 0 Å². The van der Waals surface area contributed by atoms with E-state index in [0.717, 1.165) is 25.7 Å². The lowest BCUT2D eigenvalue weighted by molar-refractivity contribution is -0.135. The van der Waals surface area contributed by atoms with E-state index in [-0.39, 0.29) is 6.10 Å². The molecule has 0 atom stereocenters. The van der Waals surface area contributed by atoms with Crippen molar-refractivity contribution < 1.29 is 14.3 Å². The quantitative estimate of drug-likeness (QED) is 0.470. The minimum absolute atomic E-state index is 0.187. The maximum atomic E-state index is 11.2. The number of carbonyl (C=O) groups excluding carboxylic acids is 1. The predicted molar refractivity (Wildman–Crippen MR) is 81.6 cm³/mol. The number of methoxy groups -OCH3 is 1. The van der Waals surface area contributed by atoms with Gasteiger partial charge in [-0.2, -0.15) is 0 Å². The topological polar surface area (TPSA) is 35.5 Å². The molecule has 0 radical (unpaired) electrons. The number of benzene rings is 1. The molecule has 0 saturated heterocycles. The van der Waals surface area contributed by atoms with Crippen molar-refractivity contribution in [2.45, 2.75) is 37.7 Å². The maximum absolute atomic E-state index is 11.2. The van der Waals surface area contributed by atoms with Gasteiger partial charge in [0.1, 0.15) is 10.7 Å². The summed E-state index contributed by atoms with van der Waals surface area (Å²) in [7, 11) is 1.35. The van der Waals surface area contributed by atoms with Gasteiger partial charge in [0.2, 0.25) is 0 Å². The Hall–Kier alpha value is -1.29. The van der Waals surface area contributed by atoms with E-state index in [9.17, 15) is 4.79 Å². The van der Waals surface area contributed by atoms with Crippen molar-refractivity contribution >= 4 is 21.9 Å². The van der Waals surface area contributed by atoms with Gasteiger partial charge in [-0.3, -0.25) is 0 Å². The van der Waals surface area contributed by atoms with Crippen molar-refractivity contribution in [2.24, 2.45) is 0 Å². The monoisotopic (exact) mass is 338 g/mol. The van der Waals surface area contributed by atoms with E-state index in [1.54, 1.807) is 0 Å². The minimum atomic E-state index is -0.414. The second-order valence-electron chi connectivity index (χ2n) is 4.98. The molecule has 0 bridgehead atoms. The molecule has 0 amide bonds. The van der Waals surface area contributed by atoms with Crippen LogP contribution in [0.2, 0.25) is 0 Å². The zero-order valence-electron chi connectivity index (χ0n) is 11.5. The van der Waals surface area contributed by atoms with Crippen molar-refractivity contribution in [1.29, 1.82) is 0 Å². The summed E-state index contributed by atoms with van der Waals surface area (Å²) in [5, 5.41) is 0. The summed E-state index contributed by atoms with van der Waals surface area (Å²) in [5.41, 5.74) is 1.41. The Morgan fingerprint density at radius 2 is 1.85 bits per heavy atom. The van der Waals surface area contributed by atoms with E-state index in [1.807, 2.05) is 6.07 Å². The van der Waals surface area contributed by atoms with E-state index < -0.39 is 5.97 Å². The molecule has 1 aromatic carbocycles. The van der Waals surface area contributed by atoms with E-state index in [1.165, 1.54) is 18.9 Å². The number of halogens is 1. The summed E-state index contributed by atoms with van der Waals surface area (Å²) in [5.74, 6) is 0.215. The summed E-state index contributed by atoms with van der Waals surface area (Å²) in [6, 6.07) is 10.6. The highest BCUT2D eigenvalue weighted by molar-refractivity contribution is 9.12. The van der Waals surface area contributed by atoms with Gasteiger partial charge in [-0.15, -0.1) is 0 Å². The molecule has 3 nitrogen and oxygen atoms in total. The molecule has 0 spiro atoms. The van der Waals surface area contributed by atoms with Crippen molar-refractivity contribution in [3.8, 4) is 0 Å². The molecule has 108 valence electrons. The Morgan fingerprint density at radius 1 is 1.20 bits per heavy atom. The minimum Gasteiger partial charge on any atom is -0.497 e. The largest absolute Gasteiger partial charge is 0.497 e. The van der Waals surface area contributed by atoms with Gasteiger partial charge in [0.25, 0.3) is 0 Å². The lowest BCUT2D eigenvalue weighted by Crippen LogP contribution is -2.19. The number of hydrogen-bond donors (Lipinski definition) is 0. The van der Waals surface area contributed by atoms with Crippen molar-refractivity contribution in [2.75, 3.05) is 7.11 Å². The molecule has 0 unspecified atom stereocenters. The second kappa shape index (κ2) is 7.48. The number of hydrogen-bond acceptors (Lipinski definition) is 3. The first-order valence-corrected chi connectivity index (χ1v) is 7.64. The van der Waals surface area contributed by atoms with Crippen LogP contribution in [0.5, 0.6) is 0 Å². The summed E-state index contributed by atoms with van der Waals surface area (Å²) in [6.07, 6.45) is 5.91. The van der Waals surface area contributed by atoms with Crippen LogP contribution < -0.4 is 0 Å². The van der Waals surface area contributed by atoms with E-state index in [0.29, 0.717) is 10.4 Å². The van der Waals surface area contributed by atoms with Crippen molar-refractivity contribution in [1.82, 2.24) is 0 Å². The number of ether oxygens (including phenoxy) is 2. The molecule has 1 aliphatic carbocycles. The summed E-state index contributed by atoms with van der Waals surface area (Å²) in [4.78, 5) is 11.2. The molecule has 4 heteroatoms. The Kier molecular flexibility index (Phi) is 5.65. The molecule has 1 aliphatic rings. The Morgan fingerprint density at radius 3 is 2.45 bits per heavy atom. The van der Waals surface area contributed by atoms with Crippen molar-refractivity contribution in [3.63, 3.8) is 0 Å². The van der Waals surface area contributed by atoms with Crippen LogP contribution >= 0.6 is 15.9 Å². The highest BCUT2D eigenvalue weighted by Crippen LogP contribution is 2.34. The molecule has 1 fully saturated rings. The molecule has 0 aliphatic heterocycles. The molecule has 0 aromatic heterocycles. The lowest BCUT2D eigenvalue weighted by Gasteiger charge is -2.28. The predicted octanol–water partition coefficient (Wildman–Crippen LogP) is 4.14. The van der Waals surface area contributed by atoms with Gasteiger partial charge in [0.15, 0.2) is 0 Å². The van der Waals surface area contributed by atoms with Crippen LogP contribution in [0.4, 0.5) is 0 Å². The fraction of sp³-hybridized carbons (Fsp3) is 0.438. The molecular formula is C16H19BrO3. The lowest BCUT2D eigenvalue weighted by atomic mass is 9.83. The van der Waals surface area contributed by atoms with E-state index in [2.05, 4.69) is 44.9 Å². The number of rotatable bonds is 4. The van der Waals surface area contributed by atoms with Crippen LogP contribution in [-0.4, -0.2) is 19.2 Å². The van der Waals surface area contributed by atoms with Gasteiger partial charge in [-0.05, 0) is 53.1 Å². The van der Waals surface area contributed by atoms with Crippen LogP contribution in [0.15, 0.2) is 41.1 Å². The summed E-state index contributed by atoms with van der Waals surface area (Å²) >= 11 is 3.14. The third kappa shape index (κ3) is 4.10. The number of esters is 1. The molecule has 20 heavy (non-hydrogen) atoms. The molecule has 1 aromatic rings. The third-order valence-electron chi connectivity index (χ3n) is 3.69. The average Bonchev–Trinajstić information content (AvgIpc) is 2.53. The van der Waals surface area contributed by atoms with Gasteiger partial charge in [-0.25, -0.2) is 4.79 Å². The molecular weight excluding hydrogens is 320 g/mol. The first kappa shape index (κ1) is 15.1. The normalized spacial score (nSPS) is 23.2. The van der Waals surface area contributed by atoms with Crippen LogP contribution in [-0.2, 0) is 14.3 Å². The summed E-state index contributed by atoms with van der Waals surface area (Å²) < 4.78 is 10.6. The fourth-order valence-electron chi connectivity index (χ4n) is 2.56. The Bertz CT molecular complexity index is 462. The van der Waals surface area contributed by atoms with Gasteiger partial charge in [0.05, 0.1) is 13.2 Å². The fourth-order valence-corrected chi connectivity index (χ4v) is 2.83. The highest BCUT2D eigenvalue weighted by Gasteiger charge is 2.22. The van der Waals surface area contributed by atoms with Crippen LogP contribution in [0.25, 0.3) is 0 Å². The molecule has 0 heterocycles. The smallest absolute Gasteiger partial charge is 0.348 e. The van der Waals surface area contributed by atoms with Crippen molar-refractivity contribution in [3.05, 3.63) is 46.6 Å². The zero-order valence-corrected chi connectivity index (χ0v) is 13.1. The first-order valence-electron chi connectivity index (χ1n) is 6.85. The van der Waals surface area contributed by atoms with Gasteiger partial charge in [0, 0.05) is 0 Å². The zero-order chi connectivity index (χ0) is 14.4. The van der Waals surface area contributed by atoms with Crippen LogP contribution in [0.1, 0.15) is 37.2 Å². The van der Waals surface area contributed by atoms with Gasteiger partial charge >= 0.3 is 5.97 Å². The molecule has 1 saturated carbocycles. The second-order valence-corrected chi connectivity index (χ2v) is 5.83. The third-order valence-corrected chi connectivity index (χ3v) is 4.20. The Labute approximate surface area is 128 Å². The molecule has 0 N–H and O–H groups in total. The standard InChI is InChI=1S/C16H19BrO3/c1-19-16(18)15(17)11-20-14-9-7-13(8-10-14)12-5-3-2-4-6-12/h2-6,11,13-14H,7-10H2,1H3/b15-11-. The average molecular weight is 339 g/mol. The number of carbonyl (C=O) groups is 1. The van der Waals surface area contributed by atoms with Gasteiger partial charge < -0.3 is 9.47 Å². The Balaban J connectivity index is 1.82. The summed E-state index contributed by atoms with van der Waals surface area (Å²) in [6.45, 7) is 0.